The molecular formula is C20H20O4. The molecule has 0 saturated carbocycles. The highest BCUT2D eigenvalue weighted by Gasteiger charge is 2.29. The summed E-state index contributed by atoms with van der Waals surface area (Å²) in [7, 11) is 0. The second kappa shape index (κ2) is 5.48. The first-order chi connectivity index (χ1) is 11.5. The maximum atomic E-state index is 10.4. The normalized spacial score (nSPS) is 21.4. The molecule has 2 aliphatic rings. The average Bonchev–Trinajstić information content (AvgIpc) is 2.96. The molecule has 0 spiro atoms. The van der Waals surface area contributed by atoms with Gasteiger partial charge >= 0.3 is 0 Å². The number of benzene rings is 2. The Labute approximate surface area is 141 Å². The molecule has 0 fully saturated rings. The summed E-state index contributed by atoms with van der Waals surface area (Å²) in [6.07, 6.45) is 1.55. The molecule has 4 nitrogen and oxygen atoms in total. The van der Waals surface area contributed by atoms with Gasteiger partial charge in [-0.15, -0.1) is 0 Å². The molecule has 124 valence electrons. The van der Waals surface area contributed by atoms with Gasteiger partial charge in [0.2, 0.25) is 0 Å². The lowest BCUT2D eigenvalue weighted by atomic mass is 9.88. The SMILES string of the molecule is C=C(C)[C@@H]1Cc2cc([C@@H]3COc4cc(O)ccc4C3)c(O)cc2O1. The zero-order valence-corrected chi connectivity index (χ0v) is 13.6. The fourth-order valence-corrected chi connectivity index (χ4v) is 3.46. The van der Waals surface area contributed by atoms with Gasteiger partial charge in [0.05, 0.1) is 6.61 Å². The van der Waals surface area contributed by atoms with Crippen LogP contribution in [0.25, 0.3) is 0 Å². The summed E-state index contributed by atoms with van der Waals surface area (Å²) in [6, 6.07) is 8.92. The number of hydrogen-bond donors (Lipinski definition) is 2. The van der Waals surface area contributed by atoms with Crippen LogP contribution in [0.5, 0.6) is 23.0 Å². The van der Waals surface area contributed by atoms with E-state index in [-0.39, 0.29) is 23.5 Å². The predicted molar refractivity (Wildman–Crippen MR) is 91.1 cm³/mol. The lowest BCUT2D eigenvalue weighted by Crippen LogP contribution is -2.19. The molecule has 0 aromatic heterocycles. The lowest BCUT2D eigenvalue weighted by Gasteiger charge is -2.26. The number of ether oxygens (including phenoxy) is 2. The van der Waals surface area contributed by atoms with Crippen molar-refractivity contribution in [3.05, 3.63) is 59.2 Å². The van der Waals surface area contributed by atoms with E-state index in [1.54, 1.807) is 18.2 Å². The summed E-state index contributed by atoms with van der Waals surface area (Å²) < 4.78 is 11.6. The van der Waals surface area contributed by atoms with Crippen molar-refractivity contribution >= 4 is 0 Å². The fourth-order valence-electron chi connectivity index (χ4n) is 3.46. The standard InChI is InChI=1S/C20H20O4/c1-11(2)18-7-13-6-16(17(22)9-20(13)24-18)14-5-12-3-4-15(21)8-19(12)23-10-14/h3-4,6,8-9,14,18,21-22H,1,5,7,10H2,2H3/t14-,18-/m0/s1. The van der Waals surface area contributed by atoms with Crippen molar-refractivity contribution < 1.29 is 19.7 Å². The Kier molecular flexibility index (Phi) is 3.41. The maximum Gasteiger partial charge on any atom is 0.127 e. The van der Waals surface area contributed by atoms with Crippen LogP contribution >= 0.6 is 0 Å². The van der Waals surface area contributed by atoms with Crippen LogP contribution in [0, 0.1) is 0 Å². The molecular weight excluding hydrogens is 304 g/mol. The molecule has 0 aliphatic carbocycles. The second-order valence-corrected chi connectivity index (χ2v) is 6.68. The van der Waals surface area contributed by atoms with Crippen LogP contribution < -0.4 is 9.47 Å². The van der Waals surface area contributed by atoms with Crippen LogP contribution in [0.1, 0.15) is 29.5 Å². The molecule has 0 bridgehead atoms. The van der Waals surface area contributed by atoms with E-state index in [1.165, 1.54) is 0 Å². The fraction of sp³-hybridized carbons (Fsp3) is 0.300. The molecule has 24 heavy (non-hydrogen) atoms. The van der Waals surface area contributed by atoms with Crippen molar-refractivity contribution in [2.24, 2.45) is 0 Å². The van der Waals surface area contributed by atoms with Gasteiger partial charge < -0.3 is 19.7 Å². The topological polar surface area (TPSA) is 58.9 Å². The lowest BCUT2D eigenvalue weighted by molar-refractivity contribution is 0.257. The molecule has 2 aromatic rings. The minimum atomic E-state index is -0.0130. The van der Waals surface area contributed by atoms with Gasteiger partial charge in [0.1, 0.15) is 29.1 Å². The Balaban J connectivity index is 1.63. The van der Waals surface area contributed by atoms with Crippen LogP contribution in [0.2, 0.25) is 0 Å². The minimum absolute atomic E-state index is 0.0130. The predicted octanol–water partition coefficient (Wildman–Crippen LogP) is 3.70. The summed E-state index contributed by atoms with van der Waals surface area (Å²) in [5, 5.41) is 20.0. The van der Waals surface area contributed by atoms with E-state index in [9.17, 15) is 10.2 Å². The smallest absolute Gasteiger partial charge is 0.127 e. The number of phenolic OH excluding ortho intramolecular Hbond substituents is 2. The van der Waals surface area contributed by atoms with Crippen LogP contribution in [-0.2, 0) is 12.8 Å². The summed E-state index contributed by atoms with van der Waals surface area (Å²) >= 11 is 0. The third-order valence-corrected chi connectivity index (χ3v) is 4.83. The summed E-state index contributed by atoms with van der Waals surface area (Å²) in [6.45, 7) is 6.40. The van der Waals surface area contributed by atoms with Crippen LogP contribution in [0.3, 0.4) is 0 Å². The third kappa shape index (κ3) is 2.48. The highest BCUT2D eigenvalue weighted by molar-refractivity contribution is 5.52. The Morgan fingerprint density at radius 1 is 1.08 bits per heavy atom. The number of phenols is 2. The first kappa shape index (κ1) is 14.9. The molecule has 0 amide bonds. The van der Waals surface area contributed by atoms with Gasteiger partial charge in [-0.1, -0.05) is 12.6 Å². The number of hydrogen-bond acceptors (Lipinski definition) is 4. The van der Waals surface area contributed by atoms with E-state index in [1.807, 2.05) is 19.1 Å². The monoisotopic (exact) mass is 324 g/mol. The van der Waals surface area contributed by atoms with Crippen molar-refractivity contribution in [1.82, 2.24) is 0 Å². The molecule has 2 heterocycles. The molecule has 2 N–H and O–H groups in total. The van der Waals surface area contributed by atoms with E-state index in [0.717, 1.165) is 46.6 Å². The van der Waals surface area contributed by atoms with Gasteiger partial charge in [-0.3, -0.25) is 0 Å². The number of fused-ring (bicyclic) bond motifs is 2. The van der Waals surface area contributed by atoms with E-state index < -0.39 is 0 Å². The molecule has 0 unspecified atom stereocenters. The average molecular weight is 324 g/mol. The van der Waals surface area contributed by atoms with Gasteiger partial charge in [-0.05, 0) is 42.2 Å². The summed E-state index contributed by atoms with van der Waals surface area (Å²) in [4.78, 5) is 0. The third-order valence-electron chi connectivity index (χ3n) is 4.83. The Morgan fingerprint density at radius 3 is 2.71 bits per heavy atom. The second-order valence-electron chi connectivity index (χ2n) is 6.68. The highest BCUT2D eigenvalue weighted by atomic mass is 16.5. The van der Waals surface area contributed by atoms with Gasteiger partial charge in [0.25, 0.3) is 0 Å². The molecule has 0 radical (unpaired) electrons. The van der Waals surface area contributed by atoms with Crippen LogP contribution in [-0.4, -0.2) is 22.9 Å². The number of aromatic hydroxyl groups is 2. The van der Waals surface area contributed by atoms with E-state index in [4.69, 9.17) is 9.47 Å². The molecule has 0 saturated heterocycles. The van der Waals surface area contributed by atoms with Crippen molar-refractivity contribution in [2.75, 3.05) is 6.61 Å². The summed E-state index contributed by atoms with van der Waals surface area (Å²) in [5.41, 5.74) is 4.02. The molecule has 2 aromatic carbocycles. The van der Waals surface area contributed by atoms with Crippen molar-refractivity contribution in [2.45, 2.75) is 31.8 Å². The van der Waals surface area contributed by atoms with E-state index >= 15 is 0 Å². The van der Waals surface area contributed by atoms with Gasteiger partial charge in [0, 0.05) is 30.0 Å². The van der Waals surface area contributed by atoms with Crippen molar-refractivity contribution in [1.29, 1.82) is 0 Å². The van der Waals surface area contributed by atoms with Crippen LogP contribution in [0.4, 0.5) is 0 Å². The zero-order valence-electron chi connectivity index (χ0n) is 13.6. The summed E-state index contributed by atoms with van der Waals surface area (Å²) in [5.74, 6) is 1.99. The van der Waals surface area contributed by atoms with Crippen molar-refractivity contribution in [3.8, 4) is 23.0 Å². The Morgan fingerprint density at radius 2 is 1.92 bits per heavy atom. The molecule has 2 atom stereocenters. The molecule has 4 heteroatoms. The van der Waals surface area contributed by atoms with Gasteiger partial charge in [-0.25, -0.2) is 0 Å². The largest absolute Gasteiger partial charge is 0.508 e. The van der Waals surface area contributed by atoms with Crippen molar-refractivity contribution in [3.63, 3.8) is 0 Å². The first-order valence-corrected chi connectivity index (χ1v) is 8.14. The highest BCUT2D eigenvalue weighted by Crippen LogP contribution is 2.42. The Hall–Kier alpha value is -2.62. The quantitative estimate of drug-likeness (QED) is 0.827. The minimum Gasteiger partial charge on any atom is -0.508 e. The van der Waals surface area contributed by atoms with E-state index in [0.29, 0.717) is 6.61 Å². The van der Waals surface area contributed by atoms with Crippen LogP contribution in [0.15, 0.2) is 42.5 Å². The van der Waals surface area contributed by atoms with Gasteiger partial charge in [-0.2, -0.15) is 0 Å². The van der Waals surface area contributed by atoms with Gasteiger partial charge in [0.15, 0.2) is 0 Å². The Bertz CT molecular complexity index is 825. The first-order valence-electron chi connectivity index (χ1n) is 8.14. The maximum absolute atomic E-state index is 10.4. The zero-order chi connectivity index (χ0) is 16.8. The number of rotatable bonds is 2. The van der Waals surface area contributed by atoms with E-state index in [2.05, 4.69) is 6.58 Å². The molecule has 2 aliphatic heterocycles. The molecule has 4 rings (SSSR count).